The maximum Gasteiger partial charge on any atom is 0.352 e. The summed E-state index contributed by atoms with van der Waals surface area (Å²) in [5, 5.41) is 22.7. The molecule has 3 aromatic rings. The van der Waals surface area contributed by atoms with Gasteiger partial charge in [-0.05, 0) is 41.5 Å². The lowest BCUT2D eigenvalue weighted by molar-refractivity contribution is -0.384. The van der Waals surface area contributed by atoms with Crippen LogP contribution in [0.5, 0.6) is 5.75 Å². The zero-order valence-corrected chi connectivity index (χ0v) is 16.2. The Balaban J connectivity index is 1.73. The number of nitro benzene ring substituents is 1. The molecule has 0 unspecified atom stereocenters. The van der Waals surface area contributed by atoms with Crippen LogP contribution in [0.3, 0.4) is 0 Å². The summed E-state index contributed by atoms with van der Waals surface area (Å²) in [7, 11) is 0. The van der Waals surface area contributed by atoms with E-state index in [0.717, 1.165) is 0 Å². The van der Waals surface area contributed by atoms with Crippen molar-refractivity contribution in [2.24, 2.45) is 0 Å². The Bertz CT molecular complexity index is 1140. The second-order valence-corrected chi connectivity index (χ2v) is 6.47. The molecule has 2 N–H and O–H groups in total. The van der Waals surface area contributed by atoms with Gasteiger partial charge >= 0.3 is 5.97 Å². The van der Waals surface area contributed by atoms with Crippen LogP contribution < -0.4 is 10.1 Å². The second kappa shape index (κ2) is 9.84. The van der Waals surface area contributed by atoms with Gasteiger partial charge in [0.05, 0.1) is 4.92 Å². The first-order chi connectivity index (χ1) is 14.9. The summed E-state index contributed by atoms with van der Waals surface area (Å²) in [6, 6.07) is 21.0. The summed E-state index contributed by atoms with van der Waals surface area (Å²) in [5.74, 6) is -1.38. The molecule has 3 rings (SSSR count). The van der Waals surface area contributed by atoms with Crippen LogP contribution in [0.1, 0.15) is 21.5 Å². The lowest BCUT2D eigenvalue weighted by Gasteiger charge is -2.09. The number of hydrogen-bond acceptors (Lipinski definition) is 5. The molecule has 0 fully saturated rings. The maximum atomic E-state index is 12.3. The second-order valence-electron chi connectivity index (χ2n) is 6.47. The van der Waals surface area contributed by atoms with Crippen LogP contribution in [0.2, 0.25) is 0 Å². The van der Waals surface area contributed by atoms with E-state index < -0.39 is 16.8 Å². The highest BCUT2D eigenvalue weighted by Crippen LogP contribution is 2.19. The predicted molar refractivity (Wildman–Crippen MR) is 113 cm³/mol. The number of carboxylic acid groups (broad SMARTS) is 1. The van der Waals surface area contributed by atoms with Gasteiger partial charge in [-0.15, -0.1) is 0 Å². The Hall–Kier alpha value is -4.46. The number of ether oxygens (including phenoxy) is 1. The number of carbonyl (C=O) groups is 2. The number of carboxylic acids is 1. The van der Waals surface area contributed by atoms with E-state index in [9.17, 15) is 24.8 Å². The molecule has 0 spiro atoms. The zero-order valence-electron chi connectivity index (χ0n) is 16.2. The lowest BCUT2D eigenvalue weighted by Crippen LogP contribution is -2.27. The van der Waals surface area contributed by atoms with Crippen LogP contribution >= 0.6 is 0 Å². The molecular weight excluding hydrogens is 400 g/mol. The molecule has 0 aliphatic carbocycles. The Labute approximate surface area is 177 Å². The number of aliphatic carboxylic acids is 1. The predicted octanol–water partition coefficient (Wildman–Crippen LogP) is 4.03. The first-order valence-electron chi connectivity index (χ1n) is 9.20. The Morgan fingerprint density at radius 2 is 1.74 bits per heavy atom. The third-order valence-electron chi connectivity index (χ3n) is 4.21. The van der Waals surface area contributed by atoms with Crippen molar-refractivity contribution in [2.45, 2.75) is 6.61 Å². The molecule has 156 valence electrons. The van der Waals surface area contributed by atoms with E-state index in [1.54, 1.807) is 66.7 Å². The number of carbonyl (C=O) groups excluding carboxylic acids is 1. The molecule has 0 bridgehead atoms. The smallest absolute Gasteiger partial charge is 0.352 e. The molecule has 0 saturated carbocycles. The fourth-order valence-corrected chi connectivity index (χ4v) is 2.72. The maximum absolute atomic E-state index is 12.3. The number of benzene rings is 3. The minimum absolute atomic E-state index is 0.0296. The fourth-order valence-electron chi connectivity index (χ4n) is 2.72. The first-order valence-corrected chi connectivity index (χ1v) is 9.20. The van der Waals surface area contributed by atoms with Gasteiger partial charge < -0.3 is 15.2 Å². The van der Waals surface area contributed by atoms with Crippen molar-refractivity contribution in [2.75, 3.05) is 0 Å². The molecule has 1 amide bonds. The van der Waals surface area contributed by atoms with E-state index >= 15 is 0 Å². The van der Waals surface area contributed by atoms with Crippen LogP contribution in [0.4, 0.5) is 5.69 Å². The summed E-state index contributed by atoms with van der Waals surface area (Å²) < 4.78 is 5.67. The molecule has 3 aromatic carbocycles. The Morgan fingerprint density at radius 3 is 2.45 bits per heavy atom. The van der Waals surface area contributed by atoms with Gasteiger partial charge in [-0.1, -0.05) is 42.5 Å². The van der Waals surface area contributed by atoms with E-state index in [-0.39, 0.29) is 18.0 Å². The molecule has 0 radical (unpaired) electrons. The number of nitrogens with one attached hydrogen (secondary N) is 1. The molecule has 0 aromatic heterocycles. The Morgan fingerprint density at radius 1 is 1.00 bits per heavy atom. The van der Waals surface area contributed by atoms with Crippen molar-refractivity contribution < 1.29 is 24.4 Å². The SMILES string of the molecule is O=C(O)/C(=C\c1cccc(OCc2cccc([N+](=O)[O-])c2)c1)NC(=O)c1ccccc1. The van der Waals surface area contributed by atoms with Gasteiger partial charge in [0.15, 0.2) is 0 Å². The third-order valence-corrected chi connectivity index (χ3v) is 4.21. The molecule has 31 heavy (non-hydrogen) atoms. The first kappa shape index (κ1) is 21.3. The quantitative estimate of drug-likeness (QED) is 0.324. The summed E-state index contributed by atoms with van der Waals surface area (Å²) in [6.07, 6.45) is 1.32. The van der Waals surface area contributed by atoms with Crippen molar-refractivity contribution in [1.29, 1.82) is 0 Å². The fraction of sp³-hybridized carbons (Fsp3) is 0.0435. The summed E-state index contributed by atoms with van der Waals surface area (Å²) in [6.45, 7) is 0.103. The number of nitro groups is 1. The van der Waals surface area contributed by atoms with Crippen molar-refractivity contribution in [1.82, 2.24) is 5.32 Å². The largest absolute Gasteiger partial charge is 0.489 e. The standard InChI is InChI=1S/C23H18N2O6/c26-22(18-8-2-1-3-9-18)24-21(23(27)28)14-16-6-5-11-20(13-16)31-15-17-7-4-10-19(12-17)25(29)30/h1-14H,15H2,(H,24,26)(H,27,28)/b21-14+. The number of non-ortho nitro benzene ring substituents is 1. The molecule has 8 nitrogen and oxygen atoms in total. The average Bonchev–Trinajstić information content (AvgIpc) is 2.78. The normalized spacial score (nSPS) is 10.9. The van der Waals surface area contributed by atoms with E-state index in [0.29, 0.717) is 22.4 Å². The van der Waals surface area contributed by atoms with Crippen LogP contribution in [-0.4, -0.2) is 21.9 Å². The highest BCUT2D eigenvalue weighted by Gasteiger charge is 2.13. The molecule has 0 heterocycles. The minimum atomic E-state index is -1.29. The molecule has 0 aliphatic heterocycles. The van der Waals surface area contributed by atoms with Gasteiger partial charge in [-0.2, -0.15) is 0 Å². The minimum Gasteiger partial charge on any atom is -0.489 e. The number of hydrogen-bond donors (Lipinski definition) is 2. The molecule has 0 aliphatic rings. The van der Waals surface area contributed by atoms with Crippen LogP contribution in [0.25, 0.3) is 6.08 Å². The lowest BCUT2D eigenvalue weighted by atomic mass is 10.1. The van der Waals surface area contributed by atoms with Crippen LogP contribution in [-0.2, 0) is 11.4 Å². The summed E-state index contributed by atoms with van der Waals surface area (Å²) in [4.78, 5) is 34.2. The average molecular weight is 418 g/mol. The molecule has 8 heteroatoms. The molecule has 0 atom stereocenters. The van der Waals surface area contributed by atoms with Crippen molar-refractivity contribution in [3.05, 3.63) is 111 Å². The van der Waals surface area contributed by atoms with Gasteiger partial charge in [0.1, 0.15) is 18.1 Å². The zero-order chi connectivity index (χ0) is 22.2. The van der Waals surface area contributed by atoms with Crippen molar-refractivity contribution in [3.63, 3.8) is 0 Å². The molecular formula is C23H18N2O6. The highest BCUT2D eigenvalue weighted by atomic mass is 16.6. The van der Waals surface area contributed by atoms with Crippen molar-refractivity contribution >= 4 is 23.6 Å². The van der Waals surface area contributed by atoms with Gasteiger partial charge in [0.2, 0.25) is 0 Å². The van der Waals surface area contributed by atoms with E-state index in [2.05, 4.69) is 5.32 Å². The van der Waals surface area contributed by atoms with E-state index in [1.807, 2.05) is 0 Å². The number of amides is 1. The van der Waals surface area contributed by atoms with Crippen LogP contribution in [0.15, 0.2) is 84.6 Å². The van der Waals surface area contributed by atoms with Gasteiger partial charge in [-0.3, -0.25) is 14.9 Å². The van der Waals surface area contributed by atoms with Crippen molar-refractivity contribution in [3.8, 4) is 5.75 Å². The molecule has 0 saturated heterocycles. The van der Waals surface area contributed by atoms with E-state index in [1.165, 1.54) is 18.2 Å². The summed E-state index contributed by atoms with van der Waals surface area (Å²) >= 11 is 0. The van der Waals surface area contributed by atoms with Gasteiger partial charge in [0.25, 0.3) is 11.6 Å². The van der Waals surface area contributed by atoms with Gasteiger partial charge in [-0.25, -0.2) is 4.79 Å². The summed E-state index contributed by atoms with van der Waals surface area (Å²) in [5.41, 5.74) is 1.14. The van der Waals surface area contributed by atoms with E-state index in [4.69, 9.17) is 4.74 Å². The number of rotatable bonds is 8. The topological polar surface area (TPSA) is 119 Å². The Kier molecular flexibility index (Phi) is 6.74. The van der Waals surface area contributed by atoms with Gasteiger partial charge in [0, 0.05) is 17.7 Å². The monoisotopic (exact) mass is 418 g/mol. The highest BCUT2D eigenvalue weighted by molar-refractivity contribution is 6.02. The number of nitrogens with zero attached hydrogens (tertiary/aromatic N) is 1. The van der Waals surface area contributed by atoms with Crippen LogP contribution in [0, 0.1) is 10.1 Å². The third kappa shape index (κ3) is 6.01.